The molecule has 0 saturated heterocycles. The van der Waals surface area contributed by atoms with E-state index < -0.39 is 0 Å². The van der Waals surface area contributed by atoms with Gasteiger partial charge in [-0.3, -0.25) is 0 Å². The number of ether oxygens (including phenoxy) is 1. The molecule has 0 spiro atoms. The predicted molar refractivity (Wildman–Crippen MR) is 59.1 cm³/mol. The van der Waals surface area contributed by atoms with Gasteiger partial charge in [-0.25, -0.2) is 4.79 Å². The Bertz CT molecular complexity index is 192. The third-order valence-corrected chi connectivity index (χ3v) is 1.78. The number of carbonyl (C=O) groups is 1. The first-order chi connectivity index (χ1) is 6.81. The Morgan fingerprint density at radius 3 is 2.64 bits per heavy atom. The summed E-state index contributed by atoms with van der Waals surface area (Å²) in [4.78, 5) is 11.0. The van der Waals surface area contributed by atoms with Crippen LogP contribution in [-0.2, 0) is 9.53 Å². The van der Waals surface area contributed by atoms with E-state index in [1.807, 2.05) is 13.0 Å². The van der Waals surface area contributed by atoms with Crippen LogP contribution in [0.4, 0.5) is 0 Å². The largest absolute Gasteiger partial charge is 0.463 e. The van der Waals surface area contributed by atoms with Gasteiger partial charge in [-0.05, 0) is 13.3 Å². The van der Waals surface area contributed by atoms with Crippen molar-refractivity contribution in [3.05, 3.63) is 24.3 Å². The molecule has 0 radical (unpaired) electrons. The van der Waals surface area contributed by atoms with Crippen LogP contribution in [0, 0.1) is 0 Å². The van der Waals surface area contributed by atoms with E-state index >= 15 is 0 Å². The minimum atomic E-state index is -0.250. The summed E-state index contributed by atoms with van der Waals surface area (Å²) in [5.74, 6) is -0.250. The Balaban J connectivity index is 3.35. The van der Waals surface area contributed by atoms with Gasteiger partial charge in [0.05, 0.1) is 6.61 Å². The van der Waals surface area contributed by atoms with Crippen LogP contribution < -0.4 is 0 Å². The van der Waals surface area contributed by atoms with Crippen molar-refractivity contribution in [2.24, 2.45) is 0 Å². The van der Waals surface area contributed by atoms with E-state index in [-0.39, 0.29) is 5.97 Å². The van der Waals surface area contributed by atoms with Crippen LogP contribution in [-0.4, -0.2) is 12.6 Å². The number of unbranched alkanes of at least 4 members (excludes halogenated alkanes) is 3. The summed E-state index contributed by atoms with van der Waals surface area (Å²) in [5.41, 5.74) is 0. The van der Waals surface area contributed by atoms with Crippen LogP contribution in [0.25, 0.3) is 0 Å². The van der Waals surface area contributed by atoms with Gasteiger partial charge >= 0.3 is 5.97 Å². The van der Waals surface area contributed by atoms with E-state index in [1.165, 1.54) is 18.9 Å². The molecule has 0 aromatic carbocycles. The Labute approximate surface area is 86.6 Å². The molecule has 0 aromatic heterocycles. The average molecular weight is 196 g/mol. The lowest BCUT2D eigenvalue weighted by molar-refractivity contribution is -0.137. The second-order valence-corrected chi connectivity index (χ2v) is 3.11. The van der Waals surface area contributed by atoms with Crippen molar-refractivity contribution in [2.75, 3.05) is 6.61 Å². The molecule has 0 amide bonds. The molecule has 0 atom stereocenters. The fourth-order valence-electron chi connectivity index (χ4n) is 0.995. The second-order valence-electron chi connectivity index (χ2n) is 3.11. The van der Waals surface area contributed by atoms with Crippen molar-refractivity contribution in [2.45, 2.75) is 39.5 Å². The van der Waals surface area contributed by atoms with E-state index in [2.05, 4.69) is 6.92 Å². The molecule has 0 aliphatic heterocycles. The summed E-state index contributed by atoms with van der Waals surface area (Å²) in [6, 6.07) is 0. The number of carbonyl (C=O) groups excluding carboxylic acids is 1. The minimum Gasteiger partial charge on any atom is -0.463 e. The summed E-state index contributed by atoms with van der Waals surface area (Å²) in [6.45, 7) is 4.60. The zero-order chi connectivity index (χ0) is 10.6. The second kappa shape index (κ2) is 10.0. The molecule has 0 rings (SSSR count). The summed E-state index contributed by atoms with van der Waals surface area (Å²) >= 11 is 0. The first-order valence-electron chi connectivity index (χ1n) is 5.27. The molecule has 0 heterocycles. The Morgan fingerprint density at radius 1 is 1.21 bits per heavy atom. The standard InChI is InChI=1S/C12H20O2/c1-3-5-7-9-11-14-12(13)10-8-6-4-2/h4,6,8,10H,3,5,7,9,11H2,1-2H3. The topological polar surface area (TPSA) is 26.3 Å². The third-order valence-electron chi connectivity index (χ3n) is 1.78. The lowest BCUT2D eigenvalue weighted by Crippen LogP contribution is -2.01. The first kappa shape index (κ1) is 12.9. The van der Waals surface area contributed by atoms with Gasteiger partial charge in [-0.1, -0.05) is 44.4 Å². The fraction of sp³-hybridized carbons (Fsp3) is 0.583. The van der Waals surface area contributed by atoms with E-state index in [0.29, 0.717) is 6.61 Å². The summed E-state index contributed by atoms with van der Waals surface area (Å²) in [7, 11) is 0. The molecular formula is C12H20O2. The van der Waals surface area contributed by atoms with Gasteiger partial charge in [0, 0.05) is 6.08 Å². The van der Waals surface area contributed by atoms with Crippen LogP contribution in [0.15, 0.2) is 24.3 Å². The molecule has 2 nitrogen and oxygen atoms in total. The molecule has 0 bridgehead atoms. The van der Waals surface area contributed by atoms with Crippen molar-refractivity contribution in [1.29, 1.82) is 0 Å². The number of esters is 1. The fourth-order valence-corrected chi connectivity index (χ4v) is 0.995. The maximum Gasteiger partial charge on any atom is 0.330 e. The van der Waals surface area contributed by atoms with E-state index in [4.69, 9.17) is 4.74 Å². The van der Waals surface area contributed by atoms with E-state index in [1.54, 1.807) is 12.2 Å². The molecule has 0 unspecified atom stereocenters. The van der Waals surface area contributed by atoms with Crippen molar-refractivity contribution in [3.63, 3.8) is 0 Å². The average Bonchev–Trinajstić information content (AvgIpc) is 2.18. The lowest BCUT2D eigenvalue weighted by Gasteiger charge is -2.00. The highest BCUT2D eigenvalue weighted by Gasteiger charge is 1.94. The van der Waals surface area contributed by atoms with Gasteiger partial charge in [0.1, 0.15) is 0 Å². The Kier molecular flexibility index (Phi) is 9.28. The van der Waals surface area contributed by atoms with Crippen LogP contribution in [0.2, 0.25) is 0 Å². The zero-order valence-electron chi connectivity index (χ0n) is 9.16. The Morgan fingerprint density at radius 2 is 2.00 bits per heavy atom. The van der Waals surface area contributed by atoms with Crippen molar-refractivity contribution in [3.8, 4) is 0 Å². The predicted octanol–water partition coefficient (Wildman–Crippen LogP) is 3.24. The summed E-state index contributed by atoms with van der Waals surface area (Å²) in [5, 5.41) is 0. The Hall–Kier alpha value is -1.05. The maximum atomic E-state index is 11.0. The van der Waals surface area contributed by atoms with Crippen molar-refractivity contribution < 1.29 is 9.53 Å². The normalized spacial score (nSPS) is 11.3. The van der Waals surface area contributed by atoms with Crippen LogP contribution in [0.1, 0.15) is 39.5 Å². The highest BCUT2D eigenvalue weighted by Crippen LogP contribution is 1.99. The molecule has 0 aliphatic rings. The molecule has 0 N–H and O–H groups in total. The summed E-state index contributed by atoms with van der Waals surface area (Å²) in [6.07, 6.45) is 11.3. The monoisotopic (exact) mass is 196 g/mol. The lowest BCUT2D eigenvalue weighted by atomic mass is 10.2. The van der Waals surface area contributed by atoms with Crippen LogP contribution >= 0.6 is 0 Å². The molecule has 2 heteroatoms. The molecule has 0 aromatic rings. The van der Waals surface area contributed by atoms with E-state index in [9.17, 15) is 4.79 Å². The molecule has 0 saturated carbocycles. The quantitative estimate of drug-likeness (QED) is 0.270. The molecule has 80 valence electrons. The zero-order valence-corrected chi connectivity index (χ0v) is 9.16. The summed E-state index contributed by atoms with van der Waals surface area (Å²) < 4.78 is 4.98. The molecular weight excluding hydrogens is 176 g/mol. The smallest absolute Gasteiger partial charge is 0.330 e. The molecule has 0 fully saturated rings. The van der Waals surface area contributed by atoms with Gasteiger partial charge in [0.2, 0.25) is 0 Å². The minimum absolute atomic E-state index is 0.250. The third kappa shape index (κ3) is 9.04. The number of rotatable bonds is 7. The van der Waals surface area contributed by atoms with Crippen LogP contribution in [0.3, 0.4) is 0 Å². The first-order valence-corrected chi connectivity index (χ1v) is 5.27. The van der Waals surface area contributed by atoms with Crippen molar-refractivity contribution >= 4 is 5.97 Å². The maximum absolute atomic E-state index is 11.0. The van der Waals surface area contributed by atoms with Gasteiger partial charge in [0.25, 0.3) is 0 Å². The van der Waals surface area contributed by atoms with Gasteiger partial charge in [-0.15, -0.1) is 0 Å². The number of hydrogen-bond donors (Lipinski definition) is 0. The van der Waals surface area contributed by atoms with Gasteiger partial charge in [0.15, 0.2) is 0 Å². The highest BCUT2D eigenvalue weighted by atomic mass is 16.5. The highest BCUT2D eigenvalue weighted by molar-refractivity contribution is 5.82. The van der Waals surface area contributed by atoms with Gasteiger partial charge in [-0.2, -0.15) is 0 Å². The van der Waals surface area contributed by atoms with Gasteiger partial charge < -0.3 is 4.74 Å². The van der Waals surface area contributed by atoms with Crippen molar-refractivity contribution in [1.82, 2.24) is 0 Å². The molecule has 14 heavy (non-hydrogen) atoms. The van der Waals surface area contributed by atoms with E-state index in [0.717, 1.165) is 12.8 Å². The molecule has 0 aliphatic carbocycles. The SMILES string of the molecule is CC=CC=CC(=O)OCCCCCC. The van der Waals surface area contributed by atoms with Crippen LogP contribution in [0.5, 0.6) is 0 Å². The number of hydrogen-bond acceptors (Lipinski definition) is 2. The number of allylic oxidation sites excluding steroid dienone is 3.